The van der Waals surface area contributed by atoms with Crippen LogP contribution in [0, 0.1) is 40.9 Å². The van der Waals surface area contributed by atoms with Gasteiger partial charge in [0.1, 0.15) is 40.2 Å². The zero-order valence-electron chi connectivity index (χ0n) is 15.5. The maximum Gasteiger partial charge on any atom is 0.147 e. The summed E-state index contributed by atoms with van der Waals surface area (Å²) in [4.78, 5) is 8.83. The number of aliphatic imine (C=N–C) groups is 1. The summed E-state index contributed by atoms with van der Waals surface area (Å²) in [6, 6.07) is 13.6. The quantitative estimate of drug-likeness (QED) is 0.345. The van der Waals surface area contributed by atoms with Gasteiger partial charge in [-0.15, -0.1) is 0 Å². The van der Waals surface area contributed by atoms with Crippen LogP contribution in [0.1, 0.15) is 5.56 Å². The average molecular weight is 364 g/mol. The summed E-state index contributed by atoms with van der Waals surface area (Å²) in [5, 5.41) is 28.0. The molecule has 0 aliphatic carbocycles. The first-order valence-electron chi connectivity index (χ1n) is 7.66. The predicted molar refractivity (Wildman–Crippen MR) is 104 cm³/mol. The van der Waals surface area contributed by atoms with E-state index in [0.29, 0.717) is 16.4 Å². The van der Waals surface area contributed by atoms with Crippen LogP contribution in [0.2, 0.25) is 0 Å². The molecule has 0 amide bonds. The molecule has 0 heterocycles. The minimum absolute atomic E-state index is 0.124. The number of allylic oxidation sites excluding steroid dienone is 1. The zero-order chi connectivity index (χ0) is 19.7. The van der Waals surface area contributed by atoms with E-state index < -0.39 is 0 Å². The van der Waals surface area contributed by atoms with Crippen molar-refractivity contribution in [2.75, 3.05) is 28.2 Å². The third-order valence-electron chi connectivity index (χ3n) is 3.18. The predicted octanol–water partition coefficient (Wildman–Crippen LogP) is 3.28. The van der Waals surface area contributed by atoms with E-state index in [1.54, 1.807) is 12.1 Å². The average Bonchev–Trinajstić information content (AvgIpc) is 2.60. The largest absolute Gasteiger partial charge is 0.363 e. The van der Waals surface area contributed by atoms with Crippen LogP contribution in [-0.4, -0.2) is 43.0 Å². The third kappa shape index (κ3) is 5.70. The molecule has 1 rings (SSSR count). The molecule has 6 nitrogen and oxygen atoms in total. The second-order valence-corrected chi connectivity index (χ2v) is 6.78. The number of benzene rings is 1. The molecule has 0 aromatic heterocycles. The van der Waals surface area contributed by atoms with Gasteiger partial charge in [0.2, 0.25) is 0 Å². The van der Waals surface area contributed by atoms with Crippen LogP contribution in [-0.2, 0) is 0 Å². The van der Waals surface area contributed by atoms with Crippen LogP contribution in [0.3, 0.4) is 0 Å². The summed E-state index contributed by atoms with van der Waals surface area (Å²) < 4.78 is 0. The second-order valence-electron chi connectivity index (χ2n) is 5.72. The first-order valence-corrected chi connectivity index (χ1v) is 8.47. The van der Waals surface area contributed by atoms with Crippen LogP contribution in [0.15, 0.2) is 57.3 Å². The Morgan fingerprint density at radius 3 is 1.92 bits per heavy atom. The van der Waals surface area contributed by atoms with Gasteiger partial charge in [-0.1, -0.05) is 29.5 Å². The van der Waals surface area contributed by atoms with Crippen LogP contribution in [0.5, 0.6) is 0 Å². The van der Waals surface area contributed by atoms with E-state index in [9.17, 15) is 5.26 Å². The molecule has 132 valence electrons. The summed E-state index contributed by atoms with van der Waals surface area (Å²) in [5.74, 6) is 0.676. The molecule has 0 atom stereocenters. The van der Waals surface area contributed by atoms with E-state index in [4.69, 9.17) is 10.5 Å². The Bertz CT molecular complexity index is 829. The van der Waals surface area contributed by atoms with Crippen LogP contribution in [0.4, 0.5) is 0 Å². The van der Waals surface area contributed by atoms with Gasteiger partial charge < -0.3 is 9.80 Å². The minimum Gasteiger partial charge on any atom is -0.363 e. The molecule has 7 heteroatoms. The second kappa shape index (κ2) is 9.93. The zero-order valence-corrected chi connectivity index (χ0v) is 16.3. The molecule has 0 saturated heterocycles. The molecule has 0 bridgehead atoms. The molecule has 1 aromatic carbocycles. The van der Waals surface area contributed by atoms with Crippen molar-refractivity contribution in [1.29, 1.82) is 15.8 Å². The lowest BCUT2D eigenvalue weighted by Crippen LogP contribution is -2.27. The lowest BCUT2D eigenvalue weighted by Gasteiger charge is -2.26. The highest BCUT2D eigenvalue weighted by molar-refractivity contribution is 8.14. The Balaban J connectivity index is 3.55. The summed E-state index contributed by atoms with van der Waals surface area (Å²) in [6.45, 7) is 2.00. The van der Waals surface area contributed by atoms with Crippen LogP contribution in [0.25, 0.3) is 0 Å². The molecule has 0 spiro atoms. The lowest BCUT2D eigenvalue weighted by molar-refractivity contribution is 0.341. The first kappa shape index (κ1) is 20.8. The van der Waals surface area contributed by atoms with Gasteiger partial charge in [-0.2, -0.15) is 15.8 Å². The maximum atomic E-state index is 9.76. The number of thioether (sulfide) groups is 1. The fourth-order valence-electron chi connectivity index (χ4n) is 2.11. The molecule has 0 aliphatic rings. The SMILES string of the molecule is Cc1ccc(SC(=NC=C(C#N)C#N)C(C#N)=C(N(C)C)N(C)C)cc1. The number of rotatable bonds is 5. The molecule has 26 heavy (non-hydrogen) atoms. The molecule has 0 N–H and O–H groups in total. The lowest BCUT2D eigenvalue weighted by atomic mass is 10.2. The van der Waals surface area contributed by atoms with Crippen molar-refractivity contribution < 1.29 is 0 Å². The van der Waals surface area contributed by atoms with E-state index in [1.165, 1.54) is 18.0 Å². The Hall–Kier alpha value is -3.21. The topological polar surface area (TPSA) is 90.2 Å². The monoisotopic (exact) mass is 364 g/mol. The van der Waals surface area contributed by atoms with E-state index in [2.05, 4.69) is 11.1 Å². The van der Waals surface area contributed by atoms with Gasteiger partial charge in [0, 0.05) is 33.1 Å². The van der Waals surface area contributed by atoms with E-state index in [0.717, 1.165) is 10.5 Å². The molecule has 1 aromatic rings. The van der Waals surface area contributed by atoms with Gasteiger partial charge in [-0.3, -0.25) is 0 Å². The van der Waals surface area contributed by atoms with Crippen LogP contribution < -0.4 is 0 Å². The molecule has 0 saturated carbocycles. The normalized spacial score (nSPS) is 10.0. The molecule has 0 fully saturated rings. The maximum absolute atomic E-state index is 9.76. The smallest absolute Gasteiger partial charge is 0.147 e. The number of aryl methyl sites for hydroxylation is 1. The highest BCUT2D eigenvalue weighted by atomic mass is 32.2. The van der Waals surface area contributed by atoms with Crippen molar-refractivity contribution >= 4 is 16.8 Å². The molecular formula is C19H20N6S. The molecule has 0 unspecified atom stereocenters. The molecule has 0 radical (unpaired) electrons. The fraction of sp³-hybridized carbons (Fsp3) is 0.263. The van der Waals surface area contributed by atoms with Gasteiger partial charge in [-0.25, -0.2) is 4.99 Å². The van der Waals surface area contributed by atoms with Gasteiger partial charge in [0.15, 0.2) is 0 Å². The Morgan fingerprint density at radius 2 is 1.50 bits per heavy atom. The number of hydrogen-bond donors (Lipinski definition) is 0. The number of nitrogens with zero attached hydrogens (tertiary/aromatic N) is 6. The van der Waals surface area contributed by atoms with Crippen molar-refractivity contribution in [3.05, 3.63) is 53.0 Å². The van der Waals surface area contributed by atoms with Crippen molar-refractivity contribution in [3.8, 4) is 18.2 Å². The van der Waals surface area contributed by atoms with Gasteiger partial charge in [0.25, 0.3) is 0 Å². The Kier molecular flexibility index (Phi) is 7.96. The van der Waals surface area contributed by atoms with Crippen LogP contribution >= 0.6 is 11.8 Å². The Morgan fingerprint density at radius 1 is 0.962 bits per heavy atom. The third-order valence-corrected chi connectivity index (χ3v) is 4.19. The van der Waals surface area contributed by atoms with Crippen molar-refractivity contribution in [3.63, 3.8) is 0 Å². The summed E-state index contributed by atoms with van der Waals surface area (Å²) in [5.41, 5.74) is 1.36. The van der Waals surface area contributed by atoms with E-state index in [1.807, 2.05) is 69.2 Å². The van der Waals surface area contributed by atoms with Gasteiger partial charge >= 0.3 is 0 Å². The van der Waals surface area contributed by atoms with E-state index >= 15 is 0 Å². The minimum atomic E-state index is -0.124. The summed E-state index contributed by atoms with van der Waals surface area (Å²) >= 11 is 1.31. The number of hydrogen-bond acceptors (Lipinski definition) is 7. The highest BCUT2D eigenvalue weighted by Crippen LogP contribution is 2.26. The highest BCUT2D eigenvalue weighted by Gasteiger charge is 2.18. The van der Waals surface area contributed by atoms with E-state index in [-0.39, 0.29) is 5.57 Å². The summed E-state index contributed by atoms with van der Waals surface area (Å²) in [7, 11) is 7.36. The van der Waals surface area contributed by atoms with Crippen molar-refractivity contribution in [2.24, 2.45) is 4.99 Å². The van der Waals surface area contributed by atoms with Gasteiger partial charge in [-0.05, 0) is 19.1 Å². The fourth-order valence-corrected chi connectivity index (χ4v) is 2.95. The first-order chi connectivity index (χ1) is 12.3. The van der Waals surface area contributed by atoms with Gasteiger partial charge in [0.05, 0.1) is 6.20 Å². The summed E-state index contributed by atoms with van der Waals surface area (Å²) in [6.07, 6.45) is 1.19. The number of nitriles is 3. The van der Waals surface area contributed by atoms with Crippen molar-refractivity contribution in [1.82, 2.24) is 9.80 Å². The van der Waals surface area contributed by atoms with Crippen molar-refractivity contribution in [2.45, 2.75) is 11.8 Å². The Labute approximate surface area is 159 Å². The molecule has 0 aliphatic heterocycles. The molecular weight excluding hydrogens is 344 g/mol. The standard InChI is InChI=1S/C19H20N6S/c1-14-6-8-16(9-7-14)26-18(23-13-15(10-20)11-21)17(12-22)19(24(2)3)25(4)5/h6-9,13H,1-5H3.